The Kier molecular flexibility index (Phi) is 5.36. The van der Waals surface area contributed by atoms with Gasteiger partial charge in [-0.25, -0.2) is 4.68 Å². The van der Waals surface area contributed by atoms with Crippen LogP contribution in [0.4, 0.5) is 5.69 Å². The maximum Gasteiger partial charge on any atom is 0.270 e. The van der Waals surface area contributed by atoms with Crippen LogP contribution in [0.3, 0.4) is 0 Å². The molecule has 27 heavy (non-hydrogen) atoms. The Balaban J connectivity index is 2.18. The standard InChI is InChI=1S/C19H20N4O3S/c1-12(2)20-19-22(21-14(4)18-9-8-13(3)26-18)17(11-27-19)15-6-5-7-16(10-15)23(24)25/h5-12H,1-4H3. The normalized spacial score (nSPS) is 12.8. The lowest BCUT2D eigenvalue weighted by atomic mass is 10.1. The van der Waals surface area contributed by atoms with Gasteiger partial charge in [0.25, 0.3) is 5.69 Å². The third-order valence-corrected chi connectivity index (χ3v) is 4.58. The first kappa shape index (κ1) is 18.8. The SMILES string of the molecule is CC(=Nn1c(-c2cccc([N+](=O)[O-])c2)csc1=NC(C)C)c1ccc(C)o1. The van der Waals surface area contributed by atoms with E-state index >= 15 is 0 Å². The number of nitrogens with zero attached hydrogens (tertiary/aromatic N) is 4. The lowest BCUT2D eigenvalue weighted by molar-refractivity contribution is -0.384. The summed E-state index contributed by atoms with van der Waals surface area (Å²) in [6.45, 7) is 7.72. The highest BCUT2D eigenvalue weighted by molar-refractivity contribution is 7.07. The predicted octanol–water partition coefficient (Wildman–Crippen LogP) is 4.61. The van der Waals surface area contributed by atoms with Gasteiger partial charge in [-0.1, -0.05) is 12.1 Å². The monoisotopic (exact) mass is 384 g/mol. The van der Waals surface area contributed by atoms with Crippen molar-refractivity contribution in [3.8, 4) is 11.3 Å². The molecule has 8 heteroatoms. The zero-order valence-electron chi connectivity index (χ0n) is 15.5. The molecule has 0 amide bonds. The maximum atomic E-state index is 11.1. The molecule has 0 radical (unpaired) electrons. The number of hydrogen-bond donors (Lipinski definition) is 0. The lowest BCUT2D eigenvalue weighted by Gasteiger charge is -2.06. The molecule has 0 atom stereocenters. The summed E-state index contributed by atoms with van der Waals surface area (Å²) >= 11 is 1.44. The molecule has 0 bridgehead atoms. The zero-order valence-corrected chi connectivity index (χ0v) is 16.4. The van der Waals surface area contributed by atoms with Crippen LogP contribution < -0.4 is 4.80 Å². The summed E-state index contributed by atoms with van der Waals surface area (Å²) in [4.78, 5) is 16.1. The van der Waals surface area contributed by atoms with Gasteiger partial charge in [-0.15, -0.1) is 11.3 Å². The number of furan rings is 1. The molecule has 2 aromatic heterocycles. The summed E-state index contributed by atoms with van der Waals surface area (Å²) in [5.41, 5.74) is 2.18. The van der Waals surface area contributed by atoms with Crippen molar-refractivity contribution in [2.45, 2.75) is 33.7 Å². The second kappa shape index (κ2) is 7.71. The van der Waals surface area contributed by atoms with E-state index in [1.165, 1.54) is 17.4 Å². The fraction of sp³-hybridized carbons (Fsp3) is 0.263. The van der Waals surface area contributed by atoms with E-state index in [1.807, 2.05) is 51.3 Å². The molecule has 0 saturated heterocycles. The van der Waals surface area contributed by atoms with Crippen LogP contribution in [0.1, 0.15) is 32.3 Å². The molecule has 1 aromatic carbocycles. The average molecular weight is 384 g/mol. The molecule has 3 aromatic rings. The molecule has 0 N–H and O–H groups in total. The first-order chi connectivity index (χ1) is 12.8. The molecule has 0 aliphatic rings. The van der Waals surface area contributed by atoms with E-state index in [0.29, 0.717) is 21.8 Å². The first-order valence-corrected chi connectivity index (χ1v) is 9.34. The first-order valence-electron chi connectivity index (χ1n) is 8.46. The summed E-state index contributed by atoms with van der Waals surface area (Å²) < 4.78 is 7.37. The molecular formula is C19H20N4O3S. The van der Waals surface area contributed by atoms with Gasteiger partial charge in [0.2, 0.25) is 4.80 Å². The van der Waals surface area contributed by atoms with Crippen molar-refractivity contribution in [1.29, 1.82) is 0 Å². The van der Waals surface area contributed by atoms with E-state index in [9.17, 15) is 10.1 Å². The Labute approximate surface area is 160 Å². The van der Waals surface area contributed by atoms with Crippen LogP contribution in [0.5, 0.6) is 0 Å². The van der Waals surface area contributed by atoms with Crippen LogP contribution in [-0.2, 0) is 0 Å². The molecule has 0 aliphatic heterocycles. The van der Waals surface area contributed by atoms with Crippen molar-refractivity contribution in [2.75, 3.05) is 0 Å². The Hall–Kier alpha value is -3.00. The molecule has 0 aliphatic carbocycles. The van der Waals surface area contributed by atoms with Gasteiger partial charge in [0.15, 0.2) is 0 Å². The number of hydrogen-bond acceptors (Lipinski definition) is 6. The third-order valence-electron chi connectivity index (χ3n) is 3.75. The van der Waals surface area contributed by atoms with Gasteiger partial charge >= 0.3 is 0 Å². The van der Waals surface area contributed by atoms with E-state index < -0.39 is 4.92 Å². The number of non-ortho nitro benzene ring substituents is 1. The highest BCUT2D eigenvalue weighted by Crippen LogP contribution is 2.25. The Morgan fingerprint density at radius 2 is 2.07 bits per heavy atom. The molecule has 0 unspecified atom stereocenters. The number of aryl methyl sites for hydroxylation is 1. The fourth-order valence-corrected chi connectivity index (χ4v) is 3.48. The van der Waals surface area contributed by atoms with E-state index in [4.69, 9.17) is 9.52 Å². The van der Waals surface area contributed by atoms with E-state index in [1.54, 1.807) is 16.8 Å². The number of benzene rings is 1. The van der Waals surface area contributed by atoms with Crippen molar-refractivity contribution in [3.05, 3.63) is 68.2 Å². The van der Waals surface area contributed by atoms with Gasteiger partial charge < -0.3 is 4.42 Å². The smallest absolute Gasteiger partial charge is 0.270 e. The molecule has 0 fully saturated rings. The number of thiazole rings is 1. The minimum atomic E-state index is -0.403. The number of rotatable bonds is 5. The van der Waals surface area contributed by atoms with Crippen LogP contribution in [0.15, 0.2) is 56.3 Å². The third kappa shape index (κ3) is 4.22. The quantitative estimate of drug-likeness (QED) is 0.366. The summed E-state index contributed by atoms with van der Waals surface area (Å²) in [5.74, 6) is 1.48. The topological polar surface area (TPSA) is 85.9 Å². The average Bonchev–Trinajstić information content (AvgIpc) is 3.21. The molecule has 0 saturated carbocycles. The van der Waals surface area contributed by atoms with Gasteiger partial charge in [-0.05, 0) is 39.8 Å². The van der Waals surface area contributed by atoms with E-state index in [-0.39, 0.29) is 11.7 Å². The number of aromatic nitrogens is 1. The molecule has 2 heterocycles. The van der Waals surface area contributed by atoms with Gasteiger partial charge in [0, 0.05) is 29.1 Å². The van der Waals surface area contributed by atoms with Gasteiger partial charge in [-0.3, -0.25) is 15.1 Å². The summed E-state index contributed by atoms with van der Waals surface area (Å²) in [6, 6.07) is 10.3. The van der Waals surface area contributed by atoms with Crippen LogP contribution in [0.2, 0.25) is 0 Å². The molecular weight excluding hydrogens is 364 g/mol. The fourth-order valence-electron chi connectivity index (χ4n) is 2.51. The van der Waals surface area contributed by atoms with E-state index in [0.717, 1.165) is 11.5 Å². The van der Waals surface area contributed by atoms with Crippen molar-refractivity contribution >= 4 is 22.7 Å². The highest BCUT2D eigenvalue weighted by atomic mass is 32.1. The van der Waals surface area contributed by atoms with Crippen LogP contribution in [0, 0.1) is 17.0 Å². The Bertz CT molecular complexity index is 1070. The minimum Gasteiger partial charge on any atom is -0.460 e. The summed E-state index contributed by atoms with van der Waals surface area (Å²) in [7, 11) is 0. The predicted molar refractivity (Wildman–Crippen MR) is 106 cm³/mol. The Morgan fingerprint density at radius 1 is 1.30 bits per heavy atom. The van der Waals surface area contributed by atoms with Gasteiger partial charge in [-0.2, -0.15) is 5.10 Å². The number of nitro benzene ring substituents is 1. The molecule has 0 spiro atoms. The van der Waals surface area contributed by atoms with E-state index in [2.05, 4.69) is 4.99 Å². The molecule has 3 rings (SSSR count). The van der Waals surface area contributed by atoms with Crippen LogP contribution in [0.25, 0.3) is 11.3 Å². The van der Waals surface area contributed by atoms with Crippen molar-refractivity contribution < 1.29 is 9.34 Å². The van der Waals surface area contributed by atoms with Crippen molar-refractivity contribution in [2.24, 2.45) is 10.1 Å². The van der Waals surface area contributed by atoms with Gasteiger partial charge in [0.05, 0.1) is 10.6 Å². The second-order valence-electron chi connectivity index (χ2n) is 6.34. The maximum absolute atomic E-state index is 11.1. The molecule has 7 nitrogen and oxygen atoms in total. The van der Waals surface area contributed by atoms with Crippen molar-refractivity contribution in [1.82, 2.24) is 4.68 Å². The number of nitro groups is 1. The zero-order chi connectivity index (χ0) is 19.6. The van der Waals surface area contributed by atoms with Crippen LogP contribution in [-0.4, -0.2) is 21.4 Å². The Morgan fingerprint density at radius 3 is 2.70 bits per heavy atom. The minimum absolute atomic E-state index is 0.0370. The van der Waals surface area contributed by atoms with Crippen LogP contribution >= 0.6 is 11.3 Å². The summed E-state index contributed by atoms with van der Waals surface area (Å²) in [6.07, 6.45) is 0. The largest absolute Gasteiger partial charge is 0.460 e. The lowest BCUT2D eigenvalue weighted by Crippen LogP contribution is -2.16. The summed E-state index contributed by atoms with van der Waals surface area (Å²) in [5, 5.41) is 17.7. The van der Waals surface area contributed by atoms with Gasteiger partial charge in [0.1, 0.15) is 17.2 Å². The molecule has 140 valence electrons. The highest BCUT2D eigenvalue weighted by Gasteiger charge is 2.13. The van der Waals surface area contributed by atoms with Crippen molar-refractivity contribution in [3.63, 3.8) is 0 Å². The second-order valence-corrected chi connectivity index (χ2v) is 7.18.